The lowest BCUT2D eigenvalue weighted by Crippen LogP contribution is -2.40. The lowest BCUT2D eigenvalue weighted by molar-refractivity contribution is 0.0310. The third kappa shape index (κ3) is 4.96. The molecule has 6 heteroatoms. The molecule has 1 aromatic heterocycles. The number of guanidine groups is 1. The number of halogens is 1. The molecule has 3 N–H and O–H groups in total. The number of aromatic amines is 1. The Kier molecular flexibility index (Phi) is 6.20. The van der Waals surface area contributed by atoms with E-state index in [1.165, 1.54) is 12.1 Å². The van der Waals surface area contributed by atoms with Crippen molar-refractivity contribution in [1.29, 1.82) is 0 Å². The zero-order valence-electron chi connectivity index (χ0n) is 14.9. The molecule has 0 aliphatic carbocycles. The van der Waals surface area contributed by atoms with Gasteiger partial charge >= 0.3 is 0 Å². The van der Waals surface area contributed by atoms with Crippen molar-refractivity contribution in [3.63, 3.8) is 0 Å². The van der Waals surface area contributed by atoms with Crippen LogP contribution in [-0.4, -0.2) is 43.3 Å². The van der Waals surface area contributed by atoms with Crippen LogP contribution >= 0.6 is 0 Å². The molecular weight excluding hydrogens is 307 g/mol. The molecule has 132 valence electrons. The molecule has 1 aromatic carbocycles. The highest BCUT2D eigenvalue weighted by atomic mass is 19.1. The standard InChI is InChI=1S/C18H27FN4O/c1-5-20-17(23-12-18(2,3)24-4)21-9-8-13-11-22-16-10-14(19)6-7-15(13)16/h6-7,10-11,22H,5,8-9,12H2,1-4H3,(H2,20,21,23). The minimum Gasteiger partial charge on any atom is -0.377 e. The van der Waals surface area contributed by atoms with Gasteiger partial charge in [-0.05, 0) is 51.0 Å². The van der Waals surface area contributed by atoms with E-state index in [1.807, 2.05) is 33.0 Å². The Balaban J connectivity index is 1.95. The van der Waals surface area contributed by atoms with Crippen LogP contribution in [0.25, 0.3) is 10.9 Å². The molecule has 1 heterocycles. The topological polar surface area (TPSA) is 61.4 Å². The lowest BCUT2D eigenvalue weighted by Gasteiger charge is -2.21. The summed E-state index contributed by atoms with van der Waals surface area (Å²) in [5.74, 6) is 0.546. The zero-order valence-corrected chi connectivity index (χ0v) is 14.9. The van der Waals surface area contributed by atoms with Gasteiger partial charge in [0.25, 0.3) is 0 Å². The van der Waals surface area contributed by atoms with Crippen molar-refractivity contribution < 1.29 is 9.13 Å². The average molecular weight is 334 g/mol. The van der Waals surface area contributed by atoms with Gasteiger partial charge in [0.1, 0.15) is 5.82 Å². The van der Waals surface area contributed by atoms with Gasteiger partial charge in [-0.1, -0.05) is 0 Å². The van der Waals surface area contributed by atoms with Crippen LogP contribution in [-0.2, 0) is 11.2 Å². The molecule has 0 spiro atoms. The molecule has 24 heavy (non-hydrogen) atoms. The summed E-state index contributed by atoms with van der Waals surface area (Å²) in [6, 6.07) is 4.83. The third-order valence-electron chi connectivity index (χ3n) is 3.93. The van der Waals surface area contributed by atoms with Crippen LogP contribution in [0.3, 0.4) is 0 Å². The summed E-state index contributed by atoms with van der Waals surface area (Å²) in [4.78, 5) is 7.68. The van der Waals surface area contributed by atoms with Crippen molar-refractivity contribution in [2.75, 3.05) is 26.7 Å². The van der Waals surface area contributed by atoms with Gasteiger partial charge in [0.15, 0.2) is 5.96 Å². The van der Waals surface area contributed by atoms with E-state index in [2.05, 4.69) is 20.6 Å². The molecule has 0 saturated heterocycles. The SMILES string of the molecule is CCNC(=NCC(C)(C)OC)NCCc1c[nH]c2cc(F)ccc12. The van der Waals surface area contributed by atoms with E-state index in [0.717, 1.165) is 41.9 Å². The highest BCUT2D eigenvalue weighted by Gasteiger charge is 2.15. The molecule has 2 aromatic rings. The number of methoxy groups -OCH3 is 1. The van der Waals surface area contributed by atoms with Crippen LogP contribution < -0.4 is 10.6 Å². The first-order valence-electron chi connectivity index (χ1n) is 8.28. The Morgan fingerprint density at radius 1 is 1.33 bits per heavy atom. The normalized spacial score (nSPS) is 12.6. The number of H-pyrrole nitrogens is 1. The minimum atomic E-state index is -0.288. The second-order valence-electron chi connectivity index (χ2n) is 6.34. The Labute approximate surface area is 142 Å². The lowest BCUT2D eigenvalue weighted by atomic mass is 10.1. The number of nitrogens with one attached hydrogen (secondary N) is 3. The molecule has 0 aliphatic heterocycles. The van der Waals surface area contributed by atoms with E-state index in [9.17, 15) is 4.39 Å². The van der Waals surface area contributed by atoms with Crippen molar-refractivity contribution in [1.82, 2.24) is 15.6 Å². The number of aliphatic imine (C=N–C) groups is 1. The predicted molar refractivity (Wildman–Crippen MR) is 97.0 cm³/mol. The van der Waals surface area contributed by atoms with Crippen molar-refractivity contribution in [3.05, 3.63) is 35.8 Å². The first-order valence-corrected chi connectivity index (χ1v) is 8.28. The number of rotatable bonds is 7. The molecule has 0 atom stereocenters. The fourth-order valence-electron chi connectivity index (χ4n) is 2.36. The number of benzene rings is 1. The molecule has 5 nitrogen and oxygen atoms in total. The Morgan fingerprint density at radius 3 is 2.83 bits per heavy atom. The Hall–Kier alpha value is -2.08. The van der Waals surface area contributed by atoms with E-state index in [4.69, 9.17) is 4.74 Å². The number of hydrogen-bond donors (Lipinski definition) is 3. The number of aromatic nitrogens is 1. The Bertz CT molecular complexity index is 693. The second-order valence-corrected chi connectivity index (χ2v) is 6.34. The van der Waals surface area contributed by atoms with Gasteiger partial charge in [-0.3, -0.25) is 4.99 Å². The van der Waals surface area contributed by atoms with Gasteiger partial charge in [-0.15, -0.1) is 0 Å². The van der Waals surface area contributed by atoms with Crippen LogP contribution in [0.2, 0.25) is 0 Å². The maximum Gasteiger partial charge on any atom is 0.191 e. The van der Waals surface area contributed by atoms with Crippen molar-refractivity contribution in [3.8, 4) is 0 Å². The molecule has 2 rings (SSSR count). The van der Waals surface area contributed by atoms with Gasteiger partial charge in [0.05, 0.1) is 12.1 Å². The second kappa shape index (κ2) is 8.15. The van der Waals surface area contributed by atoms with Gasteiger partial charge in [0.2, 0.25) is 0 Å². The number of fused-ring (bicyclic) bond motifs is 1. The fourth-order valence-corrected chi connectivity index (χ4v) is 2.36. The molecule has 0 bridgehead atoms. The van der Waals surface area contributed by atoms with E-state index in [0.29, 0.717) is 6.54 Å². The van der Waals surface area contributed by atoms with Crippen molar-refractivity contribution >= 4 is 16.9 Å². The first kappa shape index (κ1) is 18.3. The third-order valence-corrected chi connectivity index (χ3v) is 3.93. The molecular formula is C18H27FN4O. The van der Waals surface area contributed by atoms with Crippen molar-refractivity contribution in [2.45, 2.75) is 32.8 Å². The smallest absolute Gasteiger partial charge is 0.191 e. The monoisotopic (exact) mass is 334 g/mol. The summed E-state index contributed by atoms with van der Waals surface area (Å²) >= 11 is 0. The van der Waals surface area contributed by atoms with Crippen LogP contribution in [0.4, 0.5) is 4.39 Å². The largest absolute Gasteiger partial charge is 0.377 e. The summed E-state index contributed by atoms with van der Waals surface area (Å²) in [5, 5.41) is 7.61. The van der Waals surface area contributed by atoms with E-state index in [-0.39, 0.29) is 11.4 Å². The highest BCUT2D eigenvalue weighted by Crippen LogP contribution is 2.19. The number of ether oxygens (including phenoxy) is 1. The van der Waals surface area contributed by atoms with Crippen LogP contribution in [0.15, 0.2) is 29.4 Å². The van der Waals surface area contributed by atoms with E-state index >= 15 is 0 Å². The molecule has 0 saturated carbocycles. The number of nitrogens with zero attached hydrogens (tertiary/aromatic N) is 1. The zero-order chi connectivity index (χ0) is 17.6. The summed E-state index contributed by atoms with van der Waals surface area (Å²) in [6.45, 7) is 8.16. The van der Waals surface area contributed by atoms with Crippen LogP contribution in [0.1, 0.15) is 26.3 Å². The maximum atomic E-state index is 13.2. The van der Waals surface area contributed by atoms with E-state index in [1.54, 1.807) is 7.11 Å². The number of hydrogen-bond acceptors (Lipinski definition) is 2. The van der Waals surface area contributed by atoms with Gasteiger partial charge < -0.3 is 20.4 Å². The van der Waals surface area contributed by atoms with Gasteiger partial charge in [-0.2, -0.15) is 0 Å². The molecule has 0 amide bonds. The quantitative estimate of drug-likeness (QED) is 0.539. The van der Waals surface area contributed by atoms with Crippen LogP contribution in [0.5, 0.6) is 0 Å². The molecule has 0 unspecified atom stereocenters. The minimum absolute atomic E-state index is 0.226. The summed E-state index contributed by atoms with van der Waals surface area (Å²) < 4.78 is 18.6. The molecule has 0 aliphatic rings. The van der Waals surface area contributed by atoms with E-state index < -0.39 is 0 Å². The maximum absolute atomic E-state index is 13.2. The summed E-state index contributed by atoms with van der Waals surface area (Å²) in [7, 11) is 1.69. The van der Waals surface area contributed by atoms with Crippen LogP contribution in [0, 0.1) is 5.82 Å². The molecule has 0 fully saturated rings. The average Bonchev–Trinajstić information content (AvgIpc) is 2.95. The fraction of sp³-hybridized carbons (Fsp3) is 0.500. The molecule has 0 radical (unpaired) electrons. The highest BCUT2D eigenvalue weighted by molar-refractivity contribution is 5.83. The Morgan fingerprint density at radius 2 is 2.12 bits per heavy atom. The van der Waals surface area contributed by atoms with Gasteiger partial charge in [-0.25, -0.2) is 4.39 Å². The summed E-state index contributed by atoms with van der Waals surface area (Å²) in [6.07, 6.45) is 2.76. The summed E-state index contributed by atoms with van der Waals surface area (Å²) in [5.41, 5.74) is 1.70. The first-order chi connectivity index (χ1) is 11.4. The predicted octanol–water partition coefficient (Wildman–Crippen LogP) is 2.83. The van der Waals surface area contributed by atoms with Crippen molar-refractivity contribution in [2.24, 2.45) is 4.99 Å². The van der Waals surface area contributed by atoms with Gasteiger partial charge in [0, 0.05) is 37.3 Å².